The van der Waals surface area contributed by atoms with E-state index in [0.29, 0.717) is 18.7 Å². The van der Waals surface area contributed by atoms with Gasteiger partial charge in [-0.3, -0.25) is 9.59 Å². The third-order valence-electron chi connectivity index (χ3n) is 3.68. The standard InChI is InChI=1S/C20H22N2O4/c1-14-3-5-16(6-4-14)12-22-19(24)13-26-20(25)18-9-7-17(8-10-18)11-21-15(2)23/h3-10H,11-13H2,1-2H3,(H,21,23)(H,22,24). The van der Waals surface area contributed by atoms with E-state index in [1.54, 1.807) is 24.3 Å². The Bertz CT molecular complexity index is 767. The molecule has 0 aliphatic heterocycles. The van der Waals surface area contributed by atoms with Crippen LogP contribution in [0.3, 0.4) is 0 Å². The summed E-state index contributed by atoms with van der Waals surface area (Å²) in [7, 11) is 0. The SMILES string of the molecule is CC(=O)NCc1ccc(C(=O)OCC(=O)NCc2ccc(C)cc2)cc1. The van der Waals surface area contributed by atoms with Gasteiger partial charge in [0.05, 0.1) is 5.56 Å². The summed E-state index contributed by atoms with van der Waals surface area (Å²) < 4.78 is 5.01. The molecular formula is C20H22N2O4. The molecule has 26 heavy (non-hydrogen) atoms. The van der Waals surface area contributed by atoms with E-state index in [0.717, 1.165) is 16.7 Å². The van der Waals surface area contributed by atoms with Gasteiger partial charge in [0.15, 0.2) is 6.61 Å². The number of hydrogen-bond acceptors (Lipinski definition) is 4. The van der Waals surface area contributed by atoms with Crippen molar-refractivity contribution in [3.05, 3.63) is 70.8 Å². The maximum Gasteiger partial charge on any atom is 0.338 e. The number of ether oxygens (including phenoxy) is 1. The van der Waals surface area contributed by atoms with Gasteiger partial charge in [-0.2, -0.15) is 0 Å². The molecule has 0 bridgehead atoms. The summed E-state index contributed by atoms with van der Waals surface area (Å²) >= 11 is 0. The Balaban J connectivity index is 1.75. The van der Waals surface area contributed by atoms with Gasteiger partial charge in [-0.05, 0) is 30.2 Å². The lowest BCUT2D eigenvalue weighted by molar-refractivity contribution is -0.124. The van der Waals surface area contributed by atoms with Crippen molar-refractivity contribution in [1.82, 2.24) is 10.6 Å². The summed E-state index contributed by atoms with van der Waals surface area (Å²) in [5.41, 5.74) is 3.35. The Labute approximate surface area is 152 Å². The number of aryl methyl sites for hydroxylation is 1. The molecule has 0 heterocycles. The highest BCUT2D eigenvalue weighted by molar-refractivity contribution is 5.91. The number of carbonyl (C=O) groups excluding carboxylic acids is 3. The van der Waals surface area contributed by atoms with Crippen LogP contribution in [0.2, 0.25) is 0 Å². The van der Waals surface area contributed by atoms with Crippen LogP contribution < -0.4 is 10.6 Å². The van der Waals surface area contributed by atoms with E-state index >= 15 is 0 Å². The highest BCUT2D eigenvalue weighted by atomic mass is 16.5. The molecule has 2 amide bonds. The molecule has 2 aromatic carbocycles. The lowest BCUT2D eigenvalue weighted by Crippen LogP contribution is -2.28. The normalized spacial score (nSPS) is 10.1. The molecule has 6 heteroatoms. The van der Waals surface area contributed by atoms with Crippen molar-refractivity contribution in [3.8, 4) is 0 Å². The van der Waals surface area contributed by atoms with Crippen LogP contribution >= 0.6 is 0 Å². The molecule has 0 radical (unpaired) electrons. The average molecular weight is 354 g/mol. The first-order valence-electron chi connectivity index (χ1n) is 8.27. The van der Waals surface area contributed by atoms with Gasteiger partial charge in [-0.15, -0.1) is 0 Å². The molecule has 0 aliphatic rings. The topological polar surface area (TPSA) is 84.5 Å². The molecular weight excluding hydrogens is 332 g/mol. The van der Waals surface area contributed by atoms with Crippen molar-refractivity contribution >= 4 is 17.8 Å². The van der Waals surface area contributed by atoms with E-state index in [-0.39, 0.29) is 18.4 Å². The zero-order valence-electron chi connectivity index (χ0n) is 14.9. The lowest BCUT2D eigenvalue weighted by atomic mass is 10.1. The monoisotopic (exact) mass is 354 g/mol. The number of benzene rings is 2. The van der Waals surface area contributed by atoms with E-state index in [9.17, 15) is 14.4 Å². The smallest absolute Gasteiger partial charge is 0.338 e. The molecule has 0 aliphatic carbocycles. The fourth-order valence-corrected chi connectivity index (χ4v) is 2.16. The van der Waals surface area contributed by atoms with Crippen molar-refractivity contribution < 1.29 is 19.1 Å². The Kier molecular flexibility index (Phi) is 6.91. The molecule has 0 saturated carbocycles. The second-order valence-electron chi connectivity index (χ2n) is 5.95. The van der Waals surface area contributed by atoms with Crippen LogP contribution in [0.15, 0.2) is 48.5 Å². The van der Waals surface area contributed by atoms with Crippen molar-refractivity contribution in [2.24, 2.45) is 0 Å². The van der Waals surface area contributed by atoms with Gasteiger partial charge in [0, 0.05) is 20.0 Å². The number of hydrogen-bond donors (Lipinski definition) is 2. The highest BCUT2D eigenvalue weighted by Crippen LogP contribution is 2.06. The van der Waals surface area contributed by atoms with E-state index in [1.807, 2.05) is 31.2 Å². The predicted molar refractivity (Wildman–Crippen MR) is 97.3 cm³/mol. The maximum absolute atomic E-state index is 12.0. The fraction of sp³-hybridized carbons (Fsp3) is 0.250. The van der Waals surface area contributed by atoms with Crippen molar-refractivity contribution in [2.75, 3.05) is 6.61 Å². The van der Waals surface area contributed by atoms with Gasteiger partial charge in [-0.1, -0.05) is 42.0 Å². The van der Waals surface area contributed by atoms with E-state index in [4.69, 9.17) is 4.74 Å². The molecule has 0 unspecified atom stereocenters. The third-order valence-corrected chi connectivity index (χ3v) is 3.68. The average Bonchev–Trinajstić information content (AvgIpc) is 2.64. The quantitative estimate of drug-likeness (QED) is 0.746. The Morgan fingerprint density at radius 3 is 1.96 bits per heavy atom. The van der Waals surface area contributed by atoms with Crippen LogP contribution in [-0.4, -0.2) is 24.4 Å². The second-order valence-corrected chi connectivity index (χ2v) is 5.95. The molecule has 136 valence electrons. The number of rotatable bonds is 7. The van der Waals surface area contributed by atoms with Crippen LogP contribution in [0.25, 0.3) is 0 Å². The predicted octanol–water partition coefficient (Wildman–Crippen LogP) is 2.10. The lowest BCUT2D eigenvalue weighted by Gasteiger charge is -2.08. The van der Waals surface area contributed by atoms with Crippen LogP contribution in [0.1, 0.15) is 34.0 Å². The Hall–Kier alpha value is -3.15. The van der Waals surface area contributed by atoms with Gasteiger partial charge in [0.2, 0.25) is 5.91 Å². The summed E-state index contributed by atoms with van der Waals surface area (Å²) in [6.45, 7) is 3.88. The number of nitrogens with one attached hydrogen (secondary N) is 2. The molecule has 0 atom stereocenters. The van der Waals surface area contributed by atoms with Crippen LogP contribution in [-0.2, 0) is 27.4 Å². The minimum atomic E-state index is -0.568. The minimum absolute atomic E-state index is 0.120. The van der Waals surface area contributed by atoms with E-state index in [2.05, 4.69) is 10.6 Å². The van der Waals surface area contributed by atoms with Crippen LogP contribution in [0.4, 0.5) is 0 Å². The third kappa shape index (κ3) is 6.39. The van der Waals surface area contributed by atoms with Gasteiger partial charge < -0.3 is 15.4 Å². The molecule has 0 fully saturated rings. The fourth-order valence-electron chi connectivity index (χ4n) is 2.16. The number of carbonyl (C=O) groups is 3. The molecule has 2 rings (SSSR count). The van der Waals surface area contributed by atoms with Gasteiger partial charge in [0.25, 0.3) is 5.91 Å². The first-order chi connectivity index (χ1) is 12.4. The van der Waals surface area contributed by atoms with Crippen LogP contribution in [0.5, 0.6) is 0 Å². The first kappa shape index (κ1) is 19.2. The Morgan fingerprint density at radius 2 is 1.38 bits per heavy atom. The maximum atomic E-state index is 12.0. The second kappa shape index (κ2) is 9.36. The summed E-state index contributed by atoms with van der Waals surface area (Å²) in [4.78, 5) is 34.6. The zero-order chi connectivity index (χ0) is 18.9. The molecule has 2 aromatic rings. The van der Waals surface area contributed by atoms with Gasteiger partial charge in [0.1, 0.15) is 0 Å². The Morgan fingerprint density at radius 1 is 0.846 bits per heavy atom. The number of esters is 1. The molecule has 0 aromatic heterocycles. The summed E-state index contributed by atoms with van der Waals surface area (Å²) in [5, 5.41) is 5.38. The van der Waals surface area contributed by atoms with E-state index < -0.39 is 5.97 Å². The van der Waals surface area contributed by atoms with Crippen LogP contribution in [0, 0.1) is 6.92 Å². The van der Waals surface area contributed by atoms with Gasteiger partial charge >= 0.3 is 5.97 Å². The van der Waals surface area contributed by atoms with Crippen molar-refractivity contribution in [3.63, 3.8) is 0 Å². The largest absolute Gasteiger partial charge is 0.452 e. The van der Waals surface area contributed by atoms with Gasteiger partial charge in [-0.25, -0.2) is 4.79 Å². The molecule has 2 N–H and O–H groups in total. The zero-order valence-corrected chi connectivity index (χ0v) is 14.9. The molecule has 0 saturated heterocycles. The molecule has 6 nitrogen and oxygen atoms in total. The minimum Gasteiger partial charge on any atom is -0.452 e. The molecule has 0 spiro atoms. The van der Waals surface area contributed by atoms with Crippen molar-refractivity contribution in [1.29, 1.82) is 0 Å². The summed E-state index contributed by atoms with van der Waals surface area (Å²) in [6.07, 6.45) is 0. The number of amides is 2. The summed E-state index contributed by atoms with van der Waals surface area (Å²) in [5.74, 6) is -1.05. The summed E-state index contributed by atoms with van der Waals surface area (Å²) in [6, 6.07) is 14.5. The van der Waals surface area contributed by atoms with E-state index in [1.165, 1.54) is 6.92 Å². The van der Waals surface area contributed by atoms with Crippen molar-refractivity contribution in [2.45, 2.75) is 26.9 Å². The first-order valence-corrected chi connectivity index (χ1v) is 8.27. The highest BCUT2D eigenvalue weighted by Gasteiger charge is 2.10.